The van der Waals surface area contributed by atoms with Gasteiger partial charge in [-0.05, 0) is 32.4 Å². The van der Waals surface area contributed by atoms with Crippen LogP contribution in [0.4, 0.5) is 10.7 Å². The van der Waals surface area contributed by atoms with Crippen molar-refractivity contribution >= 4 is 39.4 Å². The van der Waals surface area contributed by atoms with Gasteiger partial charge in [0.25, 0.3) is 0 Å². The van der Waals surface area contributed by atoms with E-state index in [-0.39, 0.29) is 18.1 Å². The maximum atomic E-state index is 12.5. The molecule has 0 atom stereocenters. The molecule has 27 heavy (non-hydrogen) atoms. The van der Waals surface area contributed by atoms with Crippen LogP contribution < -0.4 is 10.6 Å². The van der Waals surface area contributed by atoms with Crippen molar-refractivity contribution in [2.24, 2.45) is 0 Å². The second-order valence-corrected chi connectivity index (χ2v) is 6.86. The van der Waals surface area contributed by atoms with Crippen LogP contribution >= 0.6 is 11.3 Å². The molecule has 8 heteroatoms. The SMILES string of the molecule is CCCNC(=O)Nc1oc(C)c(C(=O)OCC)c1-c1nc2ccccc2s1. The molecule has 0 aliphatic rings. The van der Waals surface area contributed by atoms with Gasteiger partial charge in [0.15, 0.2) is 0 Å². The van der Waals surface area contributed by atoms with Gasteiger partial charge in [0, 0.05) is 6.54 Å². The number of thiazole rings is 1. The van der Waals surface area contributed by atoms with E-state index < -0.39 is 12.0 Å². The number of fused-ring (bicyclic) bond motifs is 1. The zero-order chi connectivity index (χ0) is 19.4. The molecule has 0 aliphatic heterocycles. The summed E-state index contributed by atoms with van der Waals surface area (Å²) >= 11 is 1.42. The van der Waals surface area contributed by atoms with E-state index in [9.17, 15) is 9.59 Å². The molecule has 2 amide bonds. The smallest absolute Gasteiger partial charge is 0.342 e. The minimum atomic E-state index is -0.505. The van der Waals surface area contributed by atoms with Gasteiger partial charge in [0.05, 0.1) is 22.4 Å². The molecule has 1 aromatic carbocycles. The monoisotopic (exact) mass is 387 g/mol. The number of urea groups is 1. The van der Waals surface area contributed by atoms with Gasteiger partial charge in [-0.15, -0.1) is 11.3 Å². The second-order valence-electron chi connectivity index (χ2n) is 5.83. The van der Waals surface area contributed by atoms with Crippen LogP contribution in [0.1, 0.15) is 36.4 Å². The van der Waals surface area contributed by atoms with Crippen LogP contribution in [-0.2, 0) is 4.74 Å². The quantitative estimate of drug-likeness (QED) is 0.604. The van der Waals surface area contributed by atoms with E-state index in [1.54, 1.807) is 13.8 Å². The first-order valence-corrected chi connectivity index (χ1v) is 9.58. The van der Waals surface area contributed by atoms with Crippen LogP contribution in [0.25, 0.3) is 20.8 Å². The first-order chi connectivity index (χ1) is 13.0. The van der Waals surface area contributed by atoms with E-state index in [1.165, 1.54) is 11.3 Å². The molecule has 0 radical (unpaired) electrons. The molecule has 7 nitrogen and oxygen atoms in total. The Balaban J connectivity index is 2.09. The van der Waals surface area contributed by atoms with Crippen molar-refractivity contribution in [1.82, 2.24) is 10.3 Å². The van der Waals surface area contributed by atoms with E-state index in [2.05, 4.69) is 15.6 Å². The highest BCUT2D eigenvalue weighted by atomic mass is 32.1. The predicted octanol–water partition coefficient (Wildman–Crippen LogP) is 4.57. The van der Waals surface area contributed by atoms with E-state index in [0.717, 1.165) is 16.6 Å². The first-order valence-electron chi connectivity index (χ1n) is 8.76. The predicted molar refractivity (Wildman–Crippen MR) is 105 cm³/mol. The Morgan fingerprint density at radius 2 is 2.04 bits per heavy atom. The number of ether oxygens (including phenoxy) is 1. The molecule has 0 saturated carbocycles. The highest BCUT2D eigenvalue weighted by molar-refractivity contribution is 7.21. The van der Waals surface area contributed by atoms with Gasteiger partial charge in [-0.2, -0.15) is 0 Å². The average Bonchev–Trinajstić information content (AvgIpc) is 3.20. The summed E-state index contributed by atoms with van der Waals surface area (Å²) in [4.78, 5) is 29.2. The summed E-state index contributed by atoms with van der Waals surface area (Å²) < 4.78 is 11.9. The molecule has 2 aromatic heterocycles. The fourth-order valence-corrected chi connectivity index (χ4v) is 3.66. The summed E-state index contributed by atoms with van der Waals surface area (Å²) in [5.74, 6) is 0.0479. The van der Waals surface area contributed by atoms with Gasteiger partial charge in [-0.1, -0.05) is 19.1 Å². The van der Waals surface area contributed by atoms with E-state index in [1.807, 2.05) is 31.2 Å². The van der Waals surface area contributed by atoms with Crippen molar-refractivity contribution in [1.29, 1.82) is 0 Å². The van der Waals surface area contributed by atoms with Crippen LogP contribution in [0.3, 0.4) is 0 Å². The molecule has 0 spiro atoms. The lowest BCUT2D eigenvalue weighted by Crippen LogP contribution is -2.29. The fraction of sp³-hybridized carbons (Fsp3) is 0.316. The van der Waals surface area contributed by atoms with E-state index in [0.29, 0.717) is 22.9 Å². The number of carbonyl (C=O) groups excluding carboxylic acids is 2. The van der Waals surface area contributed by atoms with Crippen molar-refractivity contribution in [3.63, 3.8) is 0 Å². The summed E-state index contributed by atoms with van der Waals surface area (Å²) in [5.41, 5.74) is 1.54. The molecule has 142 valence electrons. The van der Waals surface area contributed by atoms with Gasteiger partial charge in [-0.3, -0.25) is 5.32 Å². The number of esters is 1. The number of anilines is 1. The third-order valence-corrected chi connectivity index (χ3v) is 4.89. The first kappa shape index (κ1) is 18.9. The molecule has 0 unspecified atom stereocenters. The Kier molecular flexibility index (Phi) is 5.75. The van der Waals surface area contributed by atoms with Gasteiger partial charge in [0.1, 0.15) is 16.3 Å². The summed E-state index contributed by atoms with van der Waals surface area (Å²) in [6, 6.07) is 7.27. The molecule has 0 aliphatic carbocycles. The third kappa shape index (κ3) is 3.95. The number of hydrogen-bond donors (Lipinski definition) is 2. The number of aromatic nitrogens is 1. The maximum Gasteiger partial charge on any atom is 0.342 e. The number of amides is 2. The van der Waals surface area contributed by atoms with Crippen molar-refractivity contribution in [2.45, 2.75) is 27.2 Å². The Hall–Kier alpha value is -2.87. The van der Waals surface area contributed by atoms with Crippen LogP contribution in [0, 0.1) is 6.92 Å². The minimum absolute atomic E-state index is 0.184. The minimum Gasteiger partial charge on any atom is -0.462 e. The number of nitrogens with zero attached hydrogens (tertiary/aromatic N) is 1. The zero-order valence-corrected chi connectivity index (χ0v) is 16.2. The molecule has 0 fully saturated rings. The normalized spacial score (nSPS) is 10.8. The fourth-order valence-electron chi connectivity index (χ4n) is 2.65. The molecule has 3 aromatic rings. The number of nitrogens with one attached hydrogen (secondary N) is 2. The van der Waals surface area contributed by atoms with Crippen LogP contribution in [-0.4, -0.2) is 30.1 Å². The van der Waals surface area contributed by atoms with E-state index in [4.69, 9.17) is 9.15 Å². The Morgan fingerprint density at radius 1 is 1.26 bits per heavy atom. The Labute approximate surface area is 160 Å². The second kappa shape index (κ2) is 8.22. The third-order valence-electron chi connectivity index (χ3n) is 3.83. The topological polar surface area (TPSA) is 93.5 Å². The molecular weight excluding hydrogens is 366 g/mol. The van der Waals surface area contributed by atoms with Crippen LogP contribution in [0.5, 0.6) is 0 Å². The van der Waals surface area contributed by atoms with Gasteiger partial charge in [-0.25, -0.2) is 14.6 Å². The van der Waals surface area contributed by atoms with Gasteiger partial charge < -0.3 is 14.5 Å². The van der Waals surface area contributed by atoms with E-state index >= 15 is 0 Å². The lowest BCUT2D eigenvalue weighted by molar-refractivity contribution is 0.0525. The number of hydrogen-bond acceptors (Lipinski definition) is 6. The van der Waals surface area contributed by atoms with Crippen molar-refractivity contribution in [2.75, 3.05) is 18.5 Å². The number of benzene rings is 1. The summed E-state index contributed by atoms with van der Waals surface area (Å²) in [6.45, 7) is 6.14. The standard InChI is InChI=1S/C19H21N3O4S/c1-4-10-20-19(24)22-16-15(14(11(3)26-16)18(23)25-5-2)17-21-12-8-6-7-9-13(12)27-17/h6-9H,4-5,10H2,1-3H3,(H2,20,22,24). The number of para-hydroxylation sites is 1. The highest BCUT2D eigenvalue weighted by Gasteiger charge is 2.29. The number of aryl methyl sites for hydroxylation is 1. The van der Waals surface area contributed by atoms with Gasteiger partial charge in [0.2, 0.25) is 5.88 Å². The zero-order valence-electron chi connectivity index (χ0n) is 15.4. The van der Waals surface area contributed by atoms with Gasteiger partial charge >= 0.3 is 12.0 Å². The average molecular weight is 387 g/mol. The molecule has 0 saturated heterocycles. The largest absolute Gasteiger partial charge is 0.462 e. The summed E-state index contributed by atoms with van der Waals surface area (Å²) in [5, 5.41) is 6.00. The van der Waals surface area contributed by atoms with Crippen molar-refractivity contribution in [3.8, 4) is 10.6 Å². The van der Waals surface area contributed by atoms with Crippen molar-refractivity contribution in [3.05, 3.63) is 35.6 Å². The maximum absolute atomic E-state index is 12.5. The lowest BCUT2D eigenvalue weighted by Gasteiger charge is -2.06. The molecule has 2 heterocycles. The number of carbonyl (C=O) groups is 2. The van der Waals surface area contributed by atoms with Crippen LogP contribution in [0.15, 0.2) is 28.7 Å². The van der Waals surface area contributed by atoms with Crippen molar-refractivity contribution < 1.29 is 18.7 Å². The Bertz CT molecular complexity index is 944. The number of furan rings is 1. The number of rotatable bonds is 6. The molecular formula is C19H21N3O4S. The van der Waals surface area contributed by atoms with Crippen LogP contribution in [0.2, 0.25) is 0 Å². The molecule has 0 bridgehead atoms. The summed E-state index contributed by atoms with van der Waals surface area (Å²) in [7, 11) is 0. The Morgan fingerprint density at radius 3 is 2.74 bits per heavy atom. The lowest BCUT2D eigenvalue weighted by atomic mass is 10.1. The molecule has 2 N–H and O–H groups in total. The molecule has 3 rings (SSSR count). The summed E-state index contributed by atoms with van der Waals surface area (Å²) in [6.07, 6.45) is 0.809. The highest BCUT2D eigenvalue weighted by Crippen LogP contribution is 2.40.